The van der Waals surface area contributed by atoms with Crippen LogP contribution in [0, 0.1) is 5.92 Å². The summed E-state index contributed by atoms with van der Waals surface area (Å²) in [7, 11) is 1.88. The van der Waals surface area contributed by atoms with Gasteiger partial charge in [-0.15, -0.1) is 0 Å². The minimum Gasteiger partial charge on any atom is -0.481 e. The van der Waals surface area contributed by atoms with Crippen molar-refractivity contribution in [3.63, 3.8) is 0 Å². The maximum atomic E-state index is 12.5. The summed E-state index contributed by atoms with van der Waals surface area (Å²) in [4.78, 5) is 25.2. The maximum absolute atomic E-state index is 12.5. The minimum atomic E-state index is -0.762. The Morgan fingerprint density at radius 2 is 1.83 bits per heavy atom. The molecule has 1 aliphatic heterocycles. The van der Waals surface area contributed by atoms with E-state index in [1.165, 1.54) is 19.3 Å². The van der Waals surface area contributed by atoms with E-state index in [4.69, 9.17) is 5.11 Å². The zero-order valence-corrected chi connectivity index (χ0v) is 14.2. The lowest BCUT2D eigenvalue weighted by molar-refractivity contribution is -0.143. The van der Waals surface area contributed by atoms with Gasteiger partial charge >= 0.3 is 12.0 Å². The zero-order valence-electron chi connectivity index (χ0n) is 14.2. The predicted octanol–water partition coefficient (Wildman–Crippen LogP) is 2.80. The summed E-state index contributed by atoms with van der Waals surface area (Å²) >= 11 is 0. The smallest absolute Gasteiger partial charge is 0.321 e. The molecule has 1 aromatic heterocycles. The number of anilines is 1. The monoisotopic (exact) mass is 334 g/mol. The average Bonchev–Trinajstić information content (AvgIpc) is 2.96. The molecule has 2 amide bonds. The van der Waals surface area contributed by atoms with Crippen LogP contribution in [0.5, 0.6) is 0 Å². The maximum Gasteiger partial charge on any atom is 0.321 e. The molecule has 1 aromatic rings. The molecule has 1 saturated carbocycles. The molecule has 2 fully saturated rings. The van der Waals surface area contributed by atoms with E-state index in [1.807, 2.05) is 13.2 Å². The summed E-state index contributed by atoms with van der Waals surface area (Å²) in [5.74, 6) is -0.667. The second-order valence-electron chi connectivity index (χ2n) is 6.97. The molecule has 7 heteroatoms. The molecule has 24 heavy (non-hydrogen) atoms. The SMILES string of the molecule is Cn1cc(NC(=O)N2CCC(C(=O)O)CC2)c(C2CCCCC2)n1. The molecule has 1 saturated heterocycles. The number of carboxylic acids is 1. The van der Waals surface area contributed by atoms with Crippen LogP contribution in [0.15, 0.2) is 6.20 Å². The molecule has 132 valence electrons. The van der Waals surface area contributed by atoms with Crippen LogP contribution in [0.25, 0.3) is 0 Å². The van der Waals surface area contributed by atoms with Crippen LogP contribution in [-0.2, 0) is 11.8 Å². The number of likely N-dealkylation sites (tertiary alicyclic amines) is 1. The van der Waals surface area contributed by atoms with Gasteiger partial charge in [-0.2, -0.15) is 5.10 Å². The molecular weight excluding hydrogens is 308 g/mol. The van der Waals surface area contributed by atoms with E-state index in [0.29, 0.717) is 31.8 Å². The zero-order chi connectivity index (χ0) is 17.1. The molecule has 2 aliphatic rings. The average molecular weight is 334 g/mol. The van der Waals surface area contributed by atoms with E-state index in [1.54, 1.807) is 9.58 Å². The normalized spacial score (nSPS) is 20.1. The van der Waals surface area contributed by atoms with Gasteiger partial charge in [0.25, 0.3) is 0 Å². The second-order valence-corrected chi connectivity index (χ2v) is 6.97. The number of carbonyl (C=O) groups is 2. The third-order valence-corrected chi connectivity index (χ3v) is 5.22. The lowest BCUT2D eigenvalue weighted by Crippen LogP contribution is -2.42. The number of urea groups is 1. The van der Waals surface area contributed by atoms with Gasteiger partial charge in [-0.05, 0) is 25.7 Å². The van der Waals surface area contributed by atoms with Crippen molar-refractivity contribution in [1.29, 1.82) is 0 Å². The van der Waals surface area contributed by atoms with Crippen molar-refractivity contribution < 1.29 is 14.7 Å². The highest BCUT2D eigenvalue weighted by atomic mass is 16.4. The van der Waals surface area contributed by atoms with Crippen molar-refractivity contribution in [2.45, 2.75) is 50.9 Å². The fourth-order valence-corrected chi connectivity index (χ4v) is 3.80. The number of carbonyl (C=O) groups excluding carboxylic acids is 1. The van der Waals surface area contributed by atoms with Crippen LogP contribution in [0.1, 0.15) is 56.6 Å². The van der Waals surface area contributed by atoms with Crippen LogP contribution in [0.3, 0.4) is 0 Å². The first-order chi connectivity index (χ1) is 11.5. The minimum absolute atomic E-state index is 0.149. The Morgan fingerprint density at radius 1 is 1.17 bits per heavy atom. The van der Waals surface area contributed by atoms with Gasteiger partial charge in [0.05, 0.1) is 17.3 Å². The van der Waals surface area contributed by atoms with Crippen LogP contribution >= 0.6 is 0 Å². The highest BCUT2D eigenvalue weighted by Crippen LogP contribution is 2.35. The number of nitrogens with zero attached hydrogens (tertiary/aromatic N) is 3. The molecule has 1 aliphatic carbocycles. The summed E-state index contributed by atoms with van der Waals surface area (Å²) in [5, 5.41) is 16.6. The summed E-state index contributed by atoms with van der Waals surface area (Å²) in [6.45, 7) is 0.976. The quantitative estimate of drug-likeness (QED) is 0.890. The molecule has 2 N–H and O–H groups in total. The Labute approximate surface area is 142 Å². The molecular formula is C17H26N4O3. The van der Waals surface area contributed by atoms with Crippen LogP contribution in [0.4, 0.5) is 10.5 Å². The summed E-state index contributed by atoms with van der Waals surface area (Å²) in [6, 6.07) is -0.149. The fourth-order valence-electron chi connectivity index (χ4n) is 3.80. The molecule has 0 aromatic carbocycles. The number of aliphatic carboxylic acids is 1. The van der Waals surface area contributed by atoms with Gasteiger partial charge in [-0.1, -0.05) is 19.3 Å². The van der Waals surface area contributed by atoms with Crippen molar-refractivity contribution >= 4 is 17.7 Å². The first kappa shape index (κ1) is 16.8. The lowest BCUT2D eigenvalue weighted by Gasteiger charge is -2.30. The molecule has 3 rings (SSSR count). The summed E-state index contributed by atoms with van der Waals surface area (Å²) in [5.41, 5.74) is 1.79. The number of hydrogen-bond acceptors (Lipinski definition) is 3. The van der Waals surface area contributed by atoms with E-state index in [-0.39, 0.29) is 11.9 Å². The fraction of sp³-hybridized carbons (Fsp3) is 0.706. The Morgan fingerprint density at radius 3 is 2.46 bits per heavy atom. The first-order valence-electron chi connectivity index (χ1n) is 8.87. The number of hydrogen-bond donors (Lipinski definition) is 2. The molecule has 0 atom stereocenters. The van der Waals surface area contributed by atoms with Gasteiger partial charge in [0.2, 0.25) is 0 Å². The number of piperidine rings is 1. The van der Waals surface area contributed by atoms with Crippen molar-refractivity contribution in [2.24, 2.45) is 13.0 Å². The highest BCUT2D eigenvalue weighted by molar-refractivity contribution is 5.90. The van der Waals surface area contributed by atoms with Crippen LogP contribution < -0.4 is 5.32 Å². The highest BCUT2D eigenvalue weighted by Gasteiger charge is 2.28. The summed E-state index contributed by atoms with van der Waals surface area (Å²) < 4.78 is 1.76. The van der Waals surface area contributed by atoms with Crippen molar-refractivity contribution in [2.75, 3.05) is 18.4 Å². The molecule has 0 spiro atoms. The van der Waals surface area contributed by atoms with Crippen molar-refractivity contribution in [1.82, 2.24) is 14.7 Å². The largest absolute Gasteiger partial charge is 0.481 e. The molecule has 0 unspecified atom stereocenters. The van der Waals surface area contributed by atoms with E-state index in [0.717, 1.165) is 24.2 Å². The third kappa shape index (κ3) is 3.71. The molecule has 0 bridgehead atoms. The van der Waals surface area contributed by atoms with Gasteiger partial charge < -0.3 is 15.3 Å². The van der Waals surface area contributed by atoms with Crippen molar-refractivity contribution in [3.8, 4) is 0 Å². The predicted molar refractivity (Wildman–Crippen MR) is 90.0 cm³/mol. The number of carboxylic acid groups (broad SMARTS) is 1. The Hall–Kier alpha value is -2.05. The van der Waals surface area contributed by atoms with Gasteiger partial charge in [0, 0.05) is 32.3 Å². The second kappa shape index (κ2) is 7.23. The topological polar surface area (TPSA) is 87.5 Å². The summed E-state index contributed by atoms with van der Waals surface area (Å²) in [6.07, 6.45) is 8.88. The molecule has 0 radical (unpaired) electrons. The Bertz CT molecular complexity index is 599. The standard InChI is InChI=1S/C17H26N4O3/c1-20-11-14(15(19-20)12-5-3-2-4-6-12)18-17(24)21-9-7-13(8-10-21)16(22)23/h11-13H,2-10H2,1H3,(H,18,24)(H,22,23). The lowest BCUT2D eigenvalue weighted by atomic mass is 9.86. The van der Waals surface area contributed by atoms with Gasteiger partial charge in [0.15, 0.2) is 0 Å². The Balaban J connectivity index is 1.63. The molecule has 2 heterocycles. The number of amides is 2. The number of nitrogens with one attached hydrogen (secondary N) is 1. The van der Waals surface area contributed by atoms with Gasteiger partial charge in [0.1, 0.15) is 0 Å². The van der Waals surface area contributed by atoms with E-state index >= 15 is 0 Å². The van der Waals surface area contributed by atoms with E-state index in [2.05, 4.69) is 10.4 Å². The van der Waals surface area contributed by atoms with E-state index < -0.39 is 5.97 Å². The van der Waals surface area contributed by atoms with E-state index in [9.17, 15) is 9.59 Å². The Kier molecular flexibility index (Phi) is 5.06. The number of rotatable bonds is 3. The number of aromatic nitrogens is 2. The van der Waals surface area contributed by atoms with Crippen LogP contribution in [0.2, 0.25) is 0 Å². The first-order valence-corrected chi connectivity index (χ1v) is 8.87. The van der Waals surface area contributed by atoms with Crippen LogP contribution in [-0.4, -0.2) is 44.9 Å². The molecule has 7 nitrogen and oxygen atoms in total. The van der Waals surface area contributed by atoms with Gasteiger partial charge in [-0.25, -0.2) is 4.79 Å². The van der Waals surface area contributed by atoms with Crippen molar-refractivity contribution in [3.05, 3.63) is 11.9 Å². The number of aryl methyl sites for hydroxylation is 1. The van der Waals surface area contributed by atoms with Gasteiger partial charge in [-0.3, -0.25) is 9.48 Å². The third-order valence-electron chi connectivity index (χ3n) is 5.22.